The van der Waals surface area contributed by atoms with E-state index in [2.05, 4.69) is 13.8 Å². The maximum Gasteiger partial charge on any atom is 0.155 e. The van der Waals surface area contributed by atoms with Gasteiger partial charge in [0.05, 0.1) is 4.75 Å². The molecule has 0 atom stereocenters. The minimum absolute atomic E-state index is 0.283. The number of sulfone groups is 1. The van der Waals surface area contributed by atoms with Gasteiger partial charge in [0.1, 0.15) is 0 Å². The lowest BCUT2D eigenvalue weighted by molar-refractivity contribution is 0.438. The van der Waals surface area contributed by atoms with Crippen molar-refractivity contribution in [2.75, 3.05) is 5.75 Å². The lowest BCUT2D eigenvalue weighted by Gasteiger charge is -2.29. The van der Waals surface area contributed by atoms with Crippen LogP contribution in [0, 0.1) is 0 Å². The first-order valence-corrected chi connectivity index (χ1v) is 9.81. The Hall–Kier alpha value is -0.0500. The van der Waals surface area contributed by atoms with Crippen LogP contribution in [0.4, 0.5) is 0 Å². The van der Waals surface area contributed by atoms with Crippen molar-refractivity contribution in [2.45, 2.75) is 96.7 Å². The Morgan fingerprint density at radius 3 is 1.47 bits per heavy atom. The van der Waals surface area contributed by atoms with Crippen LogP contribution in [-0.2, 0) is 9.84 Å². The summed E-state index contributed by atoms with van der Waals surface area (Å²) < 4.78 is 24.2. The van der Waals surface area contributed by atoms with Crippen molar-refractivity contribution in [2.24, 2.45) is 0 Å². The van der Waals surface area contributed by atoms with Crippen molar-refractivity contribution in [3.8, 4) is 0 Å². The highest BCUT2D eigenvalue weighted by molar-refractivity contribution is 7.92. The van der Waals surface area contributed by atoms with Crippen LogP contribution in [-0.4, -0.2) is 18.9 Å². The lowest BCUT2D eigenvalue weighted by atomic mass is 9.95. The summed E-state index contributed by atoms with van der Waals surface area (Å²) in [5.41, 5.74) is 0. The summed E-state index contributed by atoms with van der Waals surface area (Å²) in [6.07, 6.45) is 11.0. The largest absolute Gasteiger partial charge is 0.228 e. The molecule has 116 valence electrons. The van der Waals surface area contributed by atoms with Crippen molar-refractivity contribution >= 4 is 9.84 Å². The predicted octanol–water partition coefficient (Wildman–Crippen LogP) is 5.12. The Balaban J connectivity index is 4.46. The van der Waals surface area contributed by atoms with Gasteiger partial charge in [0.2, 0.25) is 0 Å². The lowest BCUT2D eigenvalue weighted by Crippen LogP contribution is -2.36. The van der Waals surface area contributed by atoms with E-state index in [0.717, 1.165) is 25.7 Å². The Morgan fingerprint density at radius 2 is 1.16 bits per heavy atom. The summed E-state index contributed by atoms with van der Waals surface area (Å²) in [6, 6.07) is 0. The Bertz CT molecular complexity index is 295. The van der Waals surface area contributed by atoms with Crippen LogP contribution >= 0.6 is 0 Å². The summed E-state index contributed by atoms with van der Waals surface area (Å²) in [6.45, 7) is 8.13. The maximum atomic E-state index is 12.3. The SMILES string of the molecule is CCCCCCC(C)(CCCCCC)S(=O)(=O)CC. The number of hydrogen-bond acceptors (Lipinski definition) is 2. The van der Waals surface area contributed by atoms with Crippen LogP contribution in [0.25, 0.3) is 0 Å². The molecule has 0 amide bonds. The van der Waals surface area contributed by atoms with Crippen molar-refractivity contribution in [1.29, 1.82) is 0 Å². The van der Waals surface area contributed by atoms with Gasteiger partial charge in [0.15, 0.2) is 9.84 Å². The quantitative estimate of drug-likeness (QED) is 0.467. The molecule has 0 spiro atoms. The molecule has 0 bridgehead atoms. The van der Waals surface area contributed by atoms with E-state index in [1.165, 1.54) is 38.5 Å². The van der Waals surface area contributed by atoms with Gasteiger partial charge in [-0.2, -0.15) is 0 Å². The first-order chi connectivity index (χ1) is 8.93. The second kappa shape index (κ2) is 9.79. The normalized spacial score (nSPS) is 12.8. The summed E-state index contributed by atoms with van der Waals surface area (Å²) in [5.74, 6) is 0.283. The van der Waals surface area contributed by atoms with E-state index in [4.69, 9.17) is 0 Å². The molecule has 3 heteroatoms. The molecule has 0 aromatic carbocycles. The molecule has 2 nitrogen and oxygen atoms in total. The zero-order valence-corrected chi connectivity index (χ0v) is 14.3. The first-order valence-electron chi connectivity index (χ1n) is 8.15. The third kappa shape index (κ3) is 6.78. The van der Waals surface area contributed by atoms with Crippen molar-refractivity contribution in [3.05, 3.63) is 0 Å². The summed E-state index contributed by atoms with van der Waals surface area (Å²) in [7, 11) is -2.93. The zero-order valence-electron chi connectivity index (χ0n) is 13.5. The summed E-state index contributed by atoms with van der Waals surface area (Å²) in [5, 5.41) is 0. The minimum Gasteiger partial charge on any atom is -0.228 e. The molecule has 19 heavy (non-hydrogen) atoms. The van der Waals surface area contributed by atoms with Gasteiger partial charge in [-0.05, 0) is 19.8 Å². The molecule has 0 rings (SSSR count). The van der Waals surface area contributed by atoms with Crippen molar-refractivity contribution in [3.63, 3.8) is 0 Å². The highest BCUT2D eigenvalue weighted by Crippen LogP contribution is 2.31. The number of hydrogen-bond donors (Lipinski definition) is 0. The van der Waals surface area contributed by atoms with Gasteiger partial charge in [-0.3, -0.25) is 0 Å². The topological polar surface area (TPSA) is 34.1 Å². The average molecular weight is 291 g/mol. The molecular weight excluding hydrogens is 256 g/mol. The van der Waals surface area contributed by atoms with E-state index < -0.39 is 14.6 Å². The Kier molecular flexibility index (Phi) is 9.77. The van der Waals surface area contributed by atoms with E-state index in [9.17, 15) is 8.42 Å². The second-order valence-electron chi connectivity index (χ2n) is 5.97. The van der Waals surface area contributed by atoms with E-state index in [-0.39, 0.29) is 5.75 Å². The van der Waals surface area contributed by atoms with Crippen LogP contribution in [0.15, 0.2) is 0 Å². The van der Waals surface area contributed by atoms with Gasteiger partial charge in [0, 0.05) is 5.75 Å². The molecule has 0 unspecified atom stereocenters. The molecule has 0 saturated heterocycles. The Morgan fingerprint density at radius 1 is 0.737 bits per heavy atom. The fraction of sp³-hybridized carbons (Fsp3) is 1.00. The third-order valence-electron chi connectivity index (χ3n) is 4.25. The Labute approximate surface area is 121 Å². The molecule has 0 saturated carbocycles. The van der Waals surface area contributed by atoms with Crippen LogP contribution in [0.2, 0.25) is 0 Å². The summed E-state index contributed by atoms with van der Waals surface area (Å²) in [4.78, 5) is 0. The van der Waals surface area contributed by atoms with Crippen LogP contribution in [0.5, 0.6) is 0 Å². The molecule has 0 aromatic rings. The third-order valence-corrected chi connectivity index (χ3v) is 6.92. The van der Waals surface area contributed by atoms with Crippen LogP contribution < -0.4 is 0 Å². The standard InChI is InChI=1S/C16H34O2S/c1-5-8-10-12-14-16(4,19(17,18)7-3)15-13-11-9-6-2/h5-15H2,1-4H3. The van der Waals surface area contributed by atoms with Crippen molar-refractivity contribution < 1.29 is 8.42 Å². The zero-order chi connectivity index (χ0) is 14.8. The van der Waals surface area contributed by atoms with Crippen LogP contribution in [0.3, 0.4) is 0 Å². The fourth-order valence-electron chi connectivity index (χ4n) is 2.64. The highest BCUT2D eigenvalue weighted by Gasteiger charge is 2.36. The highest BCUT2D eigenvalue weighted by atomic mass is 32.2. The molecular formula is C16H34O2S. The molecule has 0 aromatic heterocycles. The van der Waals surface area contributed by atoms with E-state index in [1.54, 1.807) is 6.92 Å². The average Bonchev–Trinajstić information content (AvgIpc) is 2.39. The smallest absolute Gasteiger partial charge is 0.155 e. The van der Waals surface area contributed by atoms with Gasteiger partial charge in [-0.15, -0.1) is 0 Å². The predicted molar refractivity (Wildman–Crippen MR) is 85.4 cm³/mol. The van der Waals surface area contributed by atoms with Gasteiger partial charge in [-0.1, -0.05) is 72.1 Å². The van der Waals surface area contributed by atoms with E-state index in [1.807, 2.05) is 6.92 Å². The number of unbranched alkanes of at least 4 members (excludes halogenated alkanes) is 6. The number of rotatable bonds is 12. The minimum atomic E-state index is -2.93. The molecule has 0 heterocycles. The van der Waals surface area contributed by atoms with Gasteiger partial charge in [-0.25, -0.2) is 8.42 Å². The monoisotopic (exact) mass is 290 g/mol. The van der Waals surface area contributed by atoms with Crippen LogP contribution in [0.1, 0.15) is 91.9 Å². The van der Waals surface area contributed by atoms with Gasteiger partial charge >= 0.3 is 0 Å². The summed E-state index contributed by atoms with van der Waals surface area (Å²) >= 11 is 0. The fourth-order valence-corrected chi connectivity index (χ4v) is 4.24. The second-order valence-corrected chi connectivity index (χ2v) is 8.77. The van der Waals surface area contributed by atoms with Gasteiger partial charge < -0.3 is 0 Å². The first kappa shape index (κ1) is 18.9. The molecule has 0 aliphatic carbocycles. The van der Waals surface area contributed by atoms with E-state index >= 15 is 0 Å². The maximum absolute atomic E-state index is 12.3. The molecule has 0 aliphatic rings. The van der Waals surface area contributed by atoms with Crippen molar-refractivity contribution in [1.82, 2.24) is 0 Å². The molecule has 0 N–H and O–H groups in total. The van der Waals surface area contributed by atoms with Gasteiger partial charge in [0.25, 0.3) is 0 Å². The van der Waals surface area contributed by atoms with E-state index in [0.29, 0.717) is 0 Å². The molecule has 0 radical (unpaired) electrons. The molecule has 0 fully saturated rings. The molecule has 0 aliphatic heterocycles.